The number of hydrogen-bond donors (Lipinski definition) is 0. The third kappa shape index (κ3) is 1.46. The largest absolute Gasteiger partial charge is 0.472 e. The van der Waals surface area contributed by atoms with E-state index in [0.29, 0.717) is 5.56 Å². The Hall–Kier alpha value is -2.35. The Morgan fingerprint density at radius 1 is 1.00 bits per heavy atom. The molecule has 2 heteroatoms. The molecular formula is C17H12O2. The van der Waals surface area contributed by atoms with Crippen molar-refractivity contribution in [1.29, 1.82) is 0 Å². The first-order valence-electron chi connectivity index (χ1n) is 6.45. The van der Waals surface area contributed by atoms with Gasteiger partial charge in [-0.1, -0.05) is 30.3 Å². The molecule has 19 heavy (non-hydrogen) atoms. The van der Waals surface area contributed by atoms with E-state index >= 15 is 0 Å². The SMILES string of the molecule is O=C(c1ccoc1)c1ccc2c3c(cccc13)CC2. The maximum Gasteiger partial charge on any atom is 0.196 e. The molecule has 3 aromatic rings. The molecule has 1 aliphatic rings. The van der Waals surface area contributed by atoms with E-state index in [1.807, 2.05) is 18.2 Å². The minimum absolute atomic E-state index is 0.0318. The molecule has 4 rings (SSSR count). The lowest BCUT2D eigenvalue weighted by atomic mass is 9.95. The molecule has 1 heterocycles. The van der Waals surface area contributed by atoms with Crippen molar-refractivity contribution in [3.8, 4) is 0 Å². The molecule has 0 bridgehead atoms. The Balaban J connectivity index is 2.00. The van der Waals surface area contributed by atoms with E-state index in [2.05, 4.69) is 12.1 Å². The summed E-state index contributed by atoms with van der Waals surface area (Å²) in [7, 11) is 0. The fourth-order valence-corrected chi connectivity index (χ4v) is 2.99. The molecule has 0 aliphatic heterocycles. The molecule has 0 spiro atoms. The highest BCUT2D eigenvalue weighted by atomic mass is 16.3. The first-order chi connectivity index (χ1) is 9.34. The number of benzene rings is 2. The third-order valence-corrected chi connectivity index (χ3v) is 3.90. The summed E-state index contributed by atoms with van der Waals surface area (Å²) in [6.07, 6.45) is 5.20. The zero-order valence-corrected chi connectivity index (χ0v) is 10.3. The van der Waals surface area contributed by atoms with E-state index in [-0.39, 0.29) is 5.78 Å². The molecule has 1 aliphatic carbocycles. The minimum atomic E-state index is 0.0318. The number of carbonyl (C=O) groups excluding carboxylic acids is 1. The van der Waals surface area contributed by atoms with Crippen molar-refractivity contribution in [2.75, 3.05) is 0 Å². The number of hydrogen-bond acceptors (Lipinski definition) is 2. The van der Waals surface area contributed by atoms with Gasteiger partial charge in [-0.25, -0.2) is 0 Å². The minimum Gasteiger partial charge on any atom is -0.472 e. The van der Waals surface area contributed by atoms with Crippen LogP contribution in [0.15, 0.2) is 53.3 Å². The molecule has 92 valence electrons. The normalized spacial score (nSPS) is 13.1. The van der Waals surface area contributed by atoms with Gasteiger partial charge in [0, 0.05) is 5.56 Å². The van der Waals surface area contributed by atoms with E-state index < -0.39 is 0 Å². The van der Waals surface area contributed by atoms with Gasteiger partial charge in [0.15, 0.2) is 5.78 Å². The van der Waals surface area contributed by atoms with E-state index in [0.717, 1.165) is 23.8 Å². The molecule has 0 amide bonds. The topological polar surface area (TPSA) is 30.2 Å². The fourth-order valence-electron chi connectivity index (χ4n) is 2.99. The van der Waals surface area contributed by atoms with E-state index in [9.17, 15) is 4.79 Å². The summed E-state index contributed by atoms with van der Waals surface area (Å²) in [4.78, 5) is 12.5. The van der Waals surface area contributed by atoms with Crippen molar-refractivity contribution in [1.82, 2.24) is 0 Å². The molecule has 2 nitrogen and oxygen atoms in total. The average molecular weight is 248 g/mol. The van der Waals surface area contributed by atoms with Crippen LogP contribution >= 0.6 is 0 Å². The number of carbonyl (C=O) groups is 1. The fraction of sp³-hybridized carbons (Fsp3) is 0.118. The average Bonchev–Trinajstić information content (AvgIpc) is 3.09. The molecular weight excluding hydrogens is 236 g/mol. The van der Waals surface area contributed by atoms with Crippen LogP contribution in [0.4, 0.5) is 0 Å². The summed E-state index contributed by atoms with van der Waals surface area (Å²) in [6, 6.07) is 12.0. The van der Waals surface area contributed by atoms with Crippen LogP contribution < -0.4 is 0 Å². The monoisotopic (exact) mass is 248 g/mol. The maximum absolute atomic E-state index is 12.5. The molecule has 0 fully saturated rings. The van der Waals surface area contributed by atoms with Gasteiger partial charge in [-0.15, -0.1) is 0 Å². The summed E-state index contributed by atoms with van der Waals surface area (Å²) in [6.45, 7) is 0. The predicted molar refractivity (Wildman–Crippen MR) is 73.5 cm³/mol. The number of furan rings is 1. The Morgan fingerprint density at radius 3 is 2.63 bits per heavy atom. The second-order valence-electron chi connectivity index (χ2n) is 4.95. The van der Waals surface area contributed by atoms with Crippen molar-refractivity contribution in [2.45, 2.75) is 12.8 Å². The lowest BCUT2D eigenvalue weighted by molar-refractivity contribution is 0.103. The van der Waals surface area contributed by atoms with Crippen molar-refractivity contribution in [2.24, 2.45) is 0 Å². The zero-order chi connectivity index (χ0) is 12.8. The first kappa shape index (κ1) is 10.6. The van der Waals surface area contributed by atoms with Crippen molar-refractivity contribution < 1.29 is 9.21 Å². The van der Waals surface area contributed by atoms with Gasteiger partial charge >= 0.3 is 0 Å². The van der Waals surface area contributed by atoms with Crippen molar-refractivity contribution in [3.63, 3.8) is 0 Å². The number of aryl methyl sites for hydroxylation is 2. The van der Waals surface area contributed by atoms with Gasteiger partial charge in [-0.2, -0.15) is 0 Å². The molecule has 0 radical (unpaired) electrons. The molecule has 0 unspecified atom stereocenters. The Morgan fingerprint density at radius 2 is 1.84 bits per heavy atom. The maximum atomic E-state index is 12.5. The number of rotatable bonds is 2. The molecule has 0 atom stereocenters. The molecule has 0 saturated carbocycles. The van der Waals surface area contributed by atoms with Crippen molar-refractivity contribution >= 4 is 16.6 Å². The highest BCUT2D eigenvalue weighted by Gasteiger charge is 2.19. The second kappa shape index (κ2) is 3.82. The van der Waals surface area contributed by atoms with Gasteiger partial charge in [-0.05, 0) is 40.8 Å². The van der Waals surface area contributed by atoms with Crippen LogP contribution in [0, 0.1) is 0 Å². The Labute approximate surface area is 110 Å². The molecule has 2 aromatic carbocycles. The van der Waals surface area contributed by atoms with E-state index in [1.54, 1.807) is 6.07 Å². The highest BCUT2D eigenvalue weighted by molar-refractivity contribution is 6.17. The van der Waals surface area contributed by atoms with Crippen LogP contribution in [0.3, 0.4) is 0 Å². The zero-order valence-electron chi connectivity index (χ0n) is 10.3. The summed E-state index contributed by atoms with van der Waals surface area (Å²) < 4.78 is 5.01. The number of ketones is 1. The molecule has 1 aromatic heterocycles. The van der Waals surface area contributed by atoms with Crippen LogP contribution in [0.25, 0.3) is 10.8 Å². The third-order valence-electron chi connectivity index (χ3n) is 3.90. The van der Waals surface area contributed by atoms with E-state index in [4.69, 9.17) is 4.42 Å². The highest BCUT2D eigenvalue weighted by Crippen LogP contribution is 2.33. The quantitative estimate of drug-likeness (QED) is 0.646. The van der Waals surface area contributed by atoms with Gasteiger partial charge in [0.1, 0.15) is 6.26 Å². The van der Waals surface area contributed by atoms with Crippen molar-refractivity contribution in [3.05, 3.63) is 71.2 Å². The van der Waals surface area contributed by atoms with Gasteiger partial charge < -0.3 is 4.42 Å². The summed E-state index contributed by atoms with van der Waals surface area (Å²) in [5.74, 6) is 0.0318. The van der Waals surface area contributed by atoms with Gasteiger partial charge in [-0.3, -0.25) is 4.79 Å². The molecule has 0 saturated heterocycles. The smallest absolute Gasteiger partial charge is 0.196 e. The van der Waals surface area contributed by atoms with E-state index in [1.165, 1.54) is 29.0 Å². The van der Waals surface area contributed by atoms with Gasteiger partial charge in [0.05, 0.1) is 11.8 Å². The second-order valence-corrected chi connectivity index (χ2v) is 4.95. The first-order valence-corrected chi connectivity index (χ1v) is 6.45. The van der Waals surface area contributed by atoms with Crippen LogP contribution in [-0.2, 0) is 12.8 Å². The van der Waals surface area contributed by atoms with Crippen LogP contribution in [0.1, 0.15) is 27.0 Å². The van der Waals surface area contributed by atoms with Crippen LogP contribution in [-0.4, -0.2) is 5.78 Å². The van der Waals surface area contributed by atoms with Crippen LogP contribution in [0.5, 0.6) is 0 Å². The lowest BCUT2D eigenvalue weighted by Gasteiger charge is -2.07. The van der Waals surface area contributed by atoms with Gasteiger partial charge in [0.25, 0.3) is 0 Å². The standard InChI is InChI=1S/C17H12O2/c18-17(13-8-9-19-10-13)15-7-6-12-5-4-11-2-1-3-14(15)16(11)12/h1-3,6-10H,4-5H2. The Bertz CT molecular complexity index is 772. The summed E-state index contributed by atoms with van der Waals surface area (Å²) >= 11 is 0. The van der Waals surface area contributed by atoms with Crippen LogP contribution in [0.2, 0.25) is 0 Å². The van der Waals surface area contributed by atoms with Gasteiger partial charge in [0.2, 0.25) is 0 Å². The molecule has 0 N–H and O–H groups in total. The predicted octanol–water partition coefficient (Wildman–Crippen LogP) is 3.76. The Kier molecular flexibility index (Phi) is 2.12. The summed E-state index contributed by atoms with van der Waals surface area (Å²) in [5, 5.41) is 2.34. The lowest BCUT2D eigenvalue weighted by Crippen LogP contribution is -2.01. The summed E-state index contributed by atoms with van der Waals surface area (Å²) in [5.41, 5.74) is 4.09.